The van der Waals surface area contributed by atoms with Crippen LogP contribution in [0.2, 0.25) is 0 Å². The maximum Gasteiger partial charge on any atom is 0.340 e. The number of carbonyl (C=O) groups is 1. The van der Waals surface area contributed by atoms with Crippen LogP contribution in [0.4, 0.5) is 11.5 Å². The number of hydrogen-bond acceptors (Lipinski definition) is 9. The minimum Gasteiger partial charge on any atom is -0.459 e. The second-order valence-corrected chi connectivity index (χ2v) is 6.89. The largest absolute Gasteiger partial charge is 0.459 e. The molecule has 0 aliphatic carbocycles. The Morgan fingerprint density at radius 3 is 2.81 bits per heavy atom. The van der Waals surface area contributed by atoms with Gasteiger partial charge in [-0.05, 0) is 37.3 Å². The maximum absolute atomic E-state index is 12.4. The van der Waals surface area contributed by atoms with Crippen molar-refractivity contribution in [2.24, 2.45) is 0 Å². The number of fused-ring (bicyclic) bond motifs is 1. The van der Waals surface area contributed by atoms with E-state index in [0.29, 0.717) is 28.8 Å². The number of anilines is 2. The van der Waals surface area contributed by atoms with E-state index >= 15 is 0 Å². The molecule has 0 saturated carbocycles. The summed E-state index contributed by atoms with van der Waals surface area (Å²) in [6.45, 7) is 1.24. The lowest BCUT2D eigenvalue weighted by molar-refractivity contribution is 0.00941. The number of aromatic nitrogens is 2. The van der Waals surface area contributed by atoms with Crippen molar-refractivity contribution in [2.75, 3.05) is 25.3 Å². The highest BCUT2D eigenvalue weighted by atomic mass is 16.7. The number of carbonyl (C=O) groups excluding carboxylic acids is 1. The van der Waals surface area contributed by atoms with Crippen LogP contribution in [-0.4, -0.2) is 52.3 Å². The van der Waals surface area contributed by atoms with Gasteiger partial charge in [0.05, 0.1) is 17.9 Å². The minimum atomic E-state index is -1.13. The second-order valence-electron chi connectivity index (χ2n) is 6.89. The summed E-state index contributed by atoms with van der Waals surface area (Å²) in [5.74, 6) is 1.67. The number of aryl methyl sites for hydroxylation is 1. The molecule has 31 heavy (non-hydrogen) atoms. The Morgan fingerprint density at radius 2 is 1.97 bits per heavy atom. The fraction of sp³-hybridized carbons (Fsp3) is 0.227. The molecule has 0 bridgehead atoms. The third kappa shape index (κ3) is 4.73. The van der Waals surface area contributed by atoms with Gasteiger partial charge in [0.25, 0.3) is 0 Å². The van der Waals surface area contributed by atoms with Gasteiger partial charge >= 0.3 is 5.97 Å². The Hall–Kier alpha value is -3.69. The van der Waals surface area contributed by atoms with E-state index in [4.69, 9.17) is 19.3 Å². The number of aliphatic hydroxyl groups is 2. The van der Waals surface area contributed by atoms with E-state index in [1.165, 1.54) is 0 Å². The standard InChI is InChI=1S/C22H21N3O6/c1-13-8-20(25-21(23-13)14-6-7-18-19(9-14)31-12-30-18)24-17-5-3-2-4-16(17)22(28)29-11-15(27)10-26/h2-9,15,26-27H,10-12H2,1H3,(H,23,24,25). The summed E-state index contributed by atoms with van der Waals surface area (Å²) in [5, 5.41) is 21.4. The molecule has 1 aromatic heterocycles. The monoisotopic (exact) mass is 423 g/mol. The predicted molar refractivity (Wildman–Crippen MR) is 111 cm³/mol. The van der Waals surface area contributed by atoms with Gasteiger partial charge in [0.2, 0.25) is 6.79 Å². The van der Waals surface area contributed by atoms with Gasteiger partial charge in [-0.2, -0.15) is 0 Å². The fourth-order valence-electron chi connectivity index (χ4n) is 3.01. The molecule has 1 aliphatic heterocycles. The number of nitrogens with zero attached hydrogens (tertiary/aromatic N) is 2. The summed E-state index contributed by atoms with van der Waals surface area (Å²) in [6, 6.07) is 14.0. The Bertz CT molecular complexity index is 1100. The quantitative estimate of drug-likeness (QED) is 0.492. The second kappa shape index (κ2) is 8.99. The molecular formula is C22H21N3O6. The molecule has 0 amide bonds. The minimum absolute atomic E-state index is 0.183. The summed E-state index contributed by atoms with van der Waals surface area (Å²) >= 11 is 0. The lowest BCUT2D eigenvalue weighted by Crippen LogP contribution is -2.22. The van der Waals surface area contributed by atoms with E-state index in [1.807, 2.05) is 25.1 Å². The zero-order valence-electron chi connectivity index (χ0n) is 16.7. The lowest BCUT2D eigenvalue weighted by atomic mass is 10.1. The summed E-state index contributed by atoms with van der Waals surface area (Å²) in [7, 11) is 0. The van der Waals surface area contributed by atoms with Crippen LogP contribution < -0.4 is 14.8 Å². The Balaban J connectivity index is 1.59. The van der Waals surface area contributed by atoms with Crippen molar-refractivity contribution in [1.29, 1.82) is 0 Å². The molecule has 0 spiro atoms. The molecular weight excluding hydrogens is 402 g/mol. The highest BCUT2D eigenvalue weighted by Crippen LogP contribution is 2.35. The van der Waals surface area contributed by atoms with E-state index < -0.39 is 18.7 Å². The summed E-state index contributed by atoms with van der Waals surface area (Å²) < 4.78 is 15.8. The van der Waals surface area contributed by atoms with Crippen molar-refractivity contribution >= 4 is 17.5 Å². The third-order valence-corrected chi connectivity index (χ3v) is 4.51. The van der Waals surface area contributed by atoms with Gasteiger partial charge in [-0.25, -0.2) is 14.8 Å². The molecule has 1 atom stereocenters. The first-order chi connectivity index (χ1) is 15.0. The average Bonchev–Trinajstić information content (AvgIpc) is 3.25. The number of nitrogens with one attached hydrogen (secondary N) is 1. The number of rotatable bonds is 7. The SMILES string of the molecule is Cc1cc(Nc2ccccc2C(=O)OCC(O)CO)nc(-c2ccc3c(c2)OCO3)n1. The first kappa shape index (κ1) is 20.6. The first-order valence-corrected chi connectivity index (χ1v) is 9.61. The molecule has 2 heterocycles. The van der Waals surface area contributed by atoms with Crippen LogP contribution in [-0.2, 0) is 4.74 Å². The van der Waals surface area contributed by atoms with Crippen LogP contribution >= 0.6 is 0 Å². The van der Waals surface area contributed by atoms with Crippen LogP contribution in [0, 0.1) is 6.92 Å². The molecule has 4 rings (SSSR count). The molecule has 2 aromatic carbocycles. The number of esters is 1. The molecule has 160 valence electrons. The summed E-state index contributed by atoms with van der Waals surface area (Å²) in [4.78, 5) is 21.5. The average molecular weight is 423 g/mol. The van der Waals surface area contributed by atoms with Crippen molar-refractivity contribution in [3.8, 4) is 22.9 Å². The maximum atomic E-state index is 12.4. The molecule has 0 fully saturated rings. The van der Waals surface area contributed by atoms with Gasteiger partial charge in [0.1, 0.15) is 18.5 Å². The van der Waals surface area contributed by atoms with Crippen LogP contribution in [0.1, 0.15) is 16.1 Å². The molecule has 1 aliphatic rings. The van der Waals surface area contributed by atoms with E-state index in [-0.39, 0.29) is 19.0 Å². The van der Waals surface area contributed by atoms with Crippen LogP contribution in [0.5, 0.6) is 11.5 Å². The van der Waals surface area contributed by atoms with Crippen molar-refractivity contribution in [3.63, 3.8) is 0 Å². The van der Waals surface area contributed by atoms with Crippen LogP contribution in [0.3, 0.4) is 0 Å². The normalized spacial score (nSPS) is 13.0. The van der Waals surface area contributed by atoms with Gasteiger partial charge in [0, 0.05) is 17.3 Å². The molecule has 0 saturated heterocycles. The van der Waals surface area contributed by atoms with Gasteiger partial charge in [-0.3, -0.25) is 0 Å². The molecule has 1 unspecified atom stereocenters. The van der Waals surface area contributed by atoms with Gasteiger partial charge < -0.3 is 29.7 Å². The zero-order chi connectivity index (χ0) is 21.8. The number of aliphatic hydroxyl groups excluding tert-OH is 2. The summed E-state index contributed by atoms with van der Waals surface area (Å²) in [6.07, 6.45) is -1.13. The predicted octanol–water partition coefficient (Wildman–Crippen LogP) is 2.43. The van der Waals surface area contributed by atoms with Gasteiger partial charge in [-0.1, -0.05) is 12.1 Å². The number of hydrogen-bond donors (Lipinski definition) is 3. The van der Waals surface area contributed by atoms with Gasteiger partial charge in [0.15, 0.2) is 17.3 Å². The summed E-state index contributed by atoms with van der Waals surface area (Å²) in [5.41, 5.74) is 2.26. The van der Waals surface area contributed by atoms with E-state index in [9.17, 15) is 9.90 Å². The Kier molecular flexibility index (Phi) is 5.96. The number of para-hydroxylation sites is 1. The first-order valence-electron chi connectivity index (χ1n) is 9.61. The highest BCUT2D eigenvalue weighted by Gasteiger charge is 2.17. The van der Waals surface area contributed by atoms with E-state index in [0.717, 1.165) is 11.3 Å². The highest BCUT2D eigenvalue weighted by molar-refractivity contribution is 5.96. The molecule has 3 aromatic rings. The number of ether oxygens (including phenoxy) is 3. The molecule has 9 nitrogen and oxygen atoms in total. The lowest BCUT2D eigenvalue weighted by Gasteiger charge is -2.13. The van der Waals surface area contributed by atoms with Crippen LogP contribution in [0.15, 0.2) is 48.5 Å². The van der Waals surface area contributed by atoms with Crippen molar-refractivity contribution < 1.29 is 29.2 Å². The van der Waals surface area contributed by atoms with Crippen molar-refractivity contribution in [3.05, 3.63) is 59.8 Å². The molecule has 9 heteroatoms. The van der Waals surface area contributed by atoms with E-state index in [1.54, 1.807) is 30.3 Å². The number of benzene rings is 2. The fourth-order valence-corrected chi connectivity index (χ4v) is 3.01. The third-order valence-electron chi connectivity index (χ3n) is 4.51. The van der Waals surface area contributed by atoms with Crippen molar-refractivity contribution in [2.45, 2.75) is 13.0 Å². The zero-order valence-corrected chi connectivity index (χ0v) is 16.7. The Morgan fingerprint density at radius 1 is 1.16 bits per heavy atom. The van der Waals surface area contributed by atoms with Crippen LogP contribution in [0.25, 0.3) is 11.4 Å². The van der Waals surface area contributed by atoms with Gasteiger partial charge in [-0.15, -0.1) is 0 Å². The topological polar surface area (TPSA) is 123 Å². The smallest absolute Gasteiger partial charge is 0.340 e. The molecule has 0 radical (unpaired) electrons. The Labute approximate surface area is 178 Å². The molecule has 3 N–H and O–H groups in total. The van der Waals surface area contributed by atoms with E-state index in [2.05, 4.69) is 15.3 Å². The van der Waals surface area contributed by atoms with Crippen molar-refractivity contribution in [1.82, 2.24) is 9.97 Å².